The summed E-state index contributed by atoms with van der Waals surface area (Å²) in [6.07, 6.45) is 3.18. The average Bonchev–Trinajstić information content (AvgIpc) is 2.99. The second kappa shape index (κ2) is 8.41. The van der Waals surface area contributed by atoms with Gasteiger partial charge in [-0.15, -0.1) is 0 Å². The van der Waals surface area contributed by atoms with Gasteiger partial charge in [0.1, 0.15) is 6.54 Å². The van der Waals surface area contributed by atoms with Crippen LogP contribution in [0.1, 0.15) is 0 Å². The summed E-state index contributed by atoms with van der Waals surface area (Å²) in [7, 11) is -2.92. The summed E-state index contributed by atoms with van der Waals surface area (Å²) in [6, 6.07) is 8.41. The number of nitrogens with one attached hydrogen (secondary N) is 1. The maximum Gasteiger partial charge on any atom is 0.327 e. The number of carbonyl (C=O) groups is 3. The van der Waals surface area contributed by atoms with Gasteiger partial charge in [0, 0.05) is 19.4 Å². The molecule has 164 valence electrons. The van der Waals surface area contributed by atoms with Gasteiger partial charge in [0.25, 0.3) is 5.91 Å². The molecule has 1 fully saturated rings. The van der Waals surface area contributed by atoms with Gasteiger partial charge in [-0.25, -0.2) is 18.7 Å². The zero-order chi connectivity index (χ0) is 22.8. The zero-order valence-electron chi connectivity index (χ0n) is 16.4. The minimum absolute atomic E-state index is 0.189. The van der Waals surface area contributed by atoms with Crippen LogP contribution < -0.4 is 5.48 Å². The molecule has 1 unspecified atom stereocenters. The number of likely N-dealkylation sites (N-methyl/N-ethyl adjacent to an activating group) is 1. The number of benzene rings is 1. The van der Waals surface area contributed by atoms with Crippen molar-refractivity contribution in [3.05, 3.63) is 48.8 Å². The van der Waals surface area contributed by atoms with Crippen LogP contribution in [0.4, 0.5) is 4.79 Å². The smallest absolute Gasteiger partial charge is 0.327 e. The van der Waals surface area contributed by atoms with E-state index >= 15 is 0 Å². The Labute approximate surface area is 177 Å². The molecule has 0 spiro atoms. The highest BCUT2D eigenvalue weighted by atomic mass is 32.2. The van der Waals surface area contributed by atoms with Gasteiger partial charge in [-0.05, 0) is 35.4 Å². The molecule has 0 bridgehead atoms. The summed E-state index contributed by atoms with van der Waals surface area (Å²) in [5.74, 6) is -3.34. The Morgan fingerprint density at radius 1 is 1.13 bits per heavy atom. The second-order valence-electron chi connectivity index (χ2n) is 7.11. The summed E-state index contributed by atoms with van der Waals surface area (Å²) in [6.45, 7) is -1.21. The summed E-state index contributed by atoms with van der Waals surface area (Å²) in [4.78, 5) is 41.5. The van der Waals surface area contributed by atoms with Crippen LogP contribution in [-0.4, -0.2) is 82.9 Å². The molecule has 1 aliphatic rings. The molecule has 1 saturated heterocycles. The predicted octanol–water partition coefficient (Wildman–Crippen LogP) is -0.347. The third kappa shape index (κ3) is 4.55. The van der Waals surface area contributed by atoms with Crippen molar-refractivity contribution in [2.75, 3.05) is 25.9 Å². The first kappa shape index (κ1) is 22.3. The van der Waals surface area contributed by atoms with Gasteiger partial charge in [-0.2, -0.15) is 0 Å². The molecule has 2 heterocycles. The van der Waals surface area contributed by atoms with Crippen molar-refractivity contribution in [1.82, 2.24) is 20.3 Å². The predicted molar refractivity (Wildman–Crippen MR) is 106 cm³/mol. The van der Waals surface area contributed by atoms with Crippen molar-refractivity contribution in [1.29, 1.82) is 0 Å². The molecule has 0 radical (unpaired) electrons. The number of hydrogen-bond acceptors (Lipinski definition) is 8. The van der Waals surface area contributed by atoms with E-state index in [0.717, 1.165) is 16.0 Å². The number of carbonyl (C=O) groups excluding carboxylic acids is 3. The summed E-state index contributed by atoms with van der Waals surface area (Å²) >= 11 is 0. The number of hydroxylamine groups is 1. The molecule has 0 saturated carbocycles. The Morgan fingerprint density at radius 3 is 2.23 bits per heavy atom. The number of aromatic nitrogens is 1. The Bertz CT molecular complexity index is 1110. The third-order valence-electron chi connectivity index (χ3n) is 4.83. The van der Waals surface area contributed by atoms with Gasteiger partial charge in [-0.1, -0.05) is 12.1 Å². The number of β-amino-alcohol motifs (C(OH)–C–C–N with tert-alkyl or cyclic N) is 1. The first-order valence-corrected chi connectivity index (χ1v) is 10.7. The Morgan fingerprint density at radius 2 is 1.71 bits per heavy atom. The molecule has 3 rings (SSSR count). The van der Waals surface area contributed by atoms with Crippen molar-refractivity contribution in [3.8, 4) is 11.1 Å². The normalized spacial score (nSPS) is 16.4. The first-order valence-electron chi connectivity index (χ1n) is 9.03. The highest BCUT2D eigenvalue weighted by Gasteiger charge is 2.47. The highest BCUT2D eigenvalue weighted by Crippen LogP contribution is 2.24. The van der Waals surface area contributed by atoms with Gasteiger partial charge >= 0.3 is 6.03 Å². The van der Waals surface area contributed by atoms with Crippen LogP contribution >= 0.6 is 0 Å². The quantitative estimate of drug-likeness (QED) is 0.295. The number of hydrogen-bond donors (Lipinski definition) is 3. The lowest BCUT2D eigenvalue weighted by molar-refractivity contribution is -0.148. The standard InChI is InChI=1S/C19H20N4O7S/c1-22-10-16(24)23(18(22)26)11-19(27,17(25)21-28)12-31(29,30)15-4-2-13(3-5-15)14-6-8-20-9-7-14/h2-9,27-28H,10-12H2,1H3,(H,21,25). The summed E-state index contributed by atoms with van der Waals surface area (Å²) in [5, 5.41) is 19.8. The van der Waals surface area contributed by atoms with Crippen LogP contribution in [0.15, 0.2) is 53.7 Å². The minimum Gasteiger partial charge on any atom is -0.377 e. The summed E-state index contributed by atoms with van der Waals surface area (Å²) in [5.41, 5.74) is -0.0335. The lowest BCUT2D eigenvalue weighted by Crippen LogP contribution is -2.58. The van der Waals surface area contributed by atoms with Gasteiger partial charge in [0.15, 0.2) is 15.4 Å². The maximum atomic E-state index is 12.9. The first-order chi connectivity index (χ1) is 14.6. The Hall–Kier alpha value is -3.35. The van der Waals surface area contributed by atoms with Gasteiger partial charge < -0.3 is 10.0 Å². The minimum atomic E-state index is -4.26. The van der Waals surface area contributed by atoms with E-state index in [-0.39, 0.29) is 11.4 Å². The van der Waals surface area contributed by atoms with Crippen molar-refractivity contribution < 1.29 is 33.1 Å². The van der Waals surface area contributed by atoms with E-state index in [4.69, 9.17) is 5.21 Å². The Balaban J connectivity index is 1.87. The number of pyridine rings is 1. The molecule has 1 aromatic heterocycles. The number of aliphatic hydroxyl groups is 1. The van der Waals surface area contributed by atoms with E-state index in [1.54, 1.807) is 36.7 Å². The van der Waals surface area contributed by atoms with E-state index in [9.17, 15) is 27.9 Å². The largest absolute Gasteiger partial charge is 0.377 e. The van der Waals surface area contributed by atoms with E-state index in [1.807, 2.05) is 0 Å². The fraction of sp³-hybridized carbons (Fsp3) is 0.263. The van der Waals surface area contributed by atoms with Crippen molar-refractivity contribution in [3.63, 3.8) is 0 Å². The summed E-state index contributed by atoms with van der Waals surface area (Å²) < 4.78 is 25.8. The monoisotopic (exact) mass is 448 g/mol. The molecule has 31 heavy (non-hydrogen) atoms. The average molecular weight is 448 g/mol. The molecule has 11 nitrogen and oxygen atoms in total. The molecule has 3 N–H and O–H groups in total. The maximum absolute atomic E-state index is 12.9. The third-order valence-corrected chi connectivity index (χ3v) is 6.68. The lowest BCUT2D eigenvalue weighted by atomic mass is 10.1. The molecule has 1 aromatic carbocycles. The number of imide groups is 1. The number of sulfone groups is 1. The molecule has 4 amide bonds. The van der Waals surface area contributed by atoms with Crippen molar-refractivity contribution >= 4 is 27.7 Å². The molecule has 1 aliphatic heterocycles. The Kier molecular flexibility index (Phi) is 6.06. The van der Waals surface area contributed by atoms with Crippen molar-refractivity contribution in [2.45, 2.75) is 10.5 Å². The fourth-order valence-electron chi connectivity index (χ4n) is 3.17. The van der Waals surface area contributed by atoms with Crippen LogP contribution in [0.5, 0.6) is 0 Å². The SMILES string of the molecule is CN1CC(=O)N(CC(O)(CS(=O)(=O)c2ccc(-c3ccncc3)cc2)C(=O)NO)C1=O. The van der Waals surface area contributed by atoms with Crippen LogP contribution in [0.3, 0.4) is 0 Å². The number of rotatable bonds is 7. The van der Waals surface area contributed by atoms with E-state index in [1.165, 1.54) is 24.7 Å². The number of nitrogens with zero attached hydrogens (tertiary/aromatic N) is 3. The fourth-order valence-corrected chi connectivity index (χ4v) is 4.74. The van der Waals surface area contributed by atoms with Crippen molar-refractivity contribution in [2.24, 2.45) is 0 Å². The van der Waals surface area contributed by atoms with E-state index in [0.29, 0.717) is 4.90 Å². The number of urea groups is 1. The zero-order valence-corrected chi connectivity index (χ0v) is 17.2. The van der Waals surface area contributed by atoms with E-state index in [2.05, 4.69) is 4.98 Å². The van der Waals surface area contributed by atoms with E-state index < -0.39 is 45.6 Å². The van der Waals surface area contributed by atoms with Crippen LogP contribution in [0, 0.1) is 0 Å². The van der Waals surface area contributed by atoms with Crippen LogP contribution in [-0.2, 0) is 19.4 Å². The van der Waals surface area contributed by atoms with Gasteiger partial charge in [0.05, 0.1) is 17.2 Å². The molecule has 0 aliphatic carbocycles. The molecular weight excluding hydrogens is 428 g/mol. The molecule has 1 atom stereocenters. The molecular formula is C19H20N4O7S. The topological polar surface area (TPSA) is 157 Å². The lowest BCUT2D eigenvalue weighted by Gasteiger charge is -2.29. The van der Waals surface area contributed by atoms with Gasteiger partial charge in [0.2, 0.25) is 5.91 Å². The highest BCUT2D eigenvalue weighted by molar-refractivity contribution is 7.91. The van der Waals surface area contributed by atoms with Crippen LogP contribution in [0.25, 0.3) is 11.1 Å². The molecule has 2 aromatic rings. The van der Waals surface area contributed by atoms with Gasteiger partial charge in [-0.3, -0.25) is 24.7 Å². The second-order valence-corrected chi connectivity index (χ2v) is 9.10. The number of amides is 4. The van der Waals surface area contributed by atoms with Crippen LogP contribution in [0.2, 0.25) is 0 Å². The molecule has 12 heteroatoms.